The van der Waals surface area contributed by atoms with E-state index >= 15 is 0 Å². The molecule has 0 fully saturated rings. The van der Waals surface area contributed by atoms with Crippen LogP contribution in [0.15, 0.2) is 24.3 Å². The van der Waals surface area contributed by atoms with Gasteiger partial charge >= 0.3 is 0 Å². The van der Waals surface area contributed by atoms with Gasteiger partial charge in [0.05, 0.1) is 6.61 Å². The van der Waals surface area contributed by atoms with Gasteiger partial charge in [0.25, 0.3) is 0 Å². The number of aryl methyl sites for hydroxylation is 1. The van der Waals surface area contributed by atoms with E-state index in [4.69, 9.17) is 14.2 Å². The smallest absolute Gasteiger partial charge is 0.154 e. The minimum Gasteiger partial charge on any atom is -0.491 e. The van der Waals surface area contributed by atoms with Crippen molar-refractivity contribution in [3.8, 4) is 5.75 Å². The Kier molecular flexibility index (Phi) is 16.4. The first-order chi connectivity index (χ1) is 11.3. The maximum Gasteiger partial charge on any atom is 0.154 e. The summed E-state index contributed by atoms with van der Waals surface area (Å²) in [7, 11) is 0. The topological polar surface area (TPSA) is 27.7 Å². The third kappa shape index (κ3) is 12.3. The number of hydrogen-bond acceptors (Lipinski definition) is 3. The Morgan fingerprint density at radius 3 is 2.17 bits per heavy atom. The van der Waals surface area contributed by atoms with Gasteiger partial charge in [0.15, 0.2) is 6.29 Å². The van der Waals surface area contributed by atoms with E-state index in [-0.39, 0.29) is 35.8 Å². The first kappa shape index (κ1) is 23.9. The summed E-state index contributed by atoms with van der Waals surface area (Å²) in [6.07, 6.45) is 9.07. The van der Waals surface area contributed by atoms with E-state index in [0.717, 1.165) is 5.75 Å². The van der Waals surface area contributed by atoms with Crippen molar-refractivity contribution in [2.24, 2.45) is 0 Å². The average molecular weight is 345 g/mol. The van der Waals surface area contributed by atoms with Crippen molar-refractivity contribution in [1.29, 1.82) is 0 Å². The largest absolute Gasteiger partial charge is 0.491 e. The van der Waals surface area contributed by atoms with E-state index in [9.17, 15) is 0 Å². The van der Waals surface area contributed by atoms with Gasteiger partial charge in [-0.15, -0.1) is 0 Å². The SMILES string of the molecule is CCCCCCCCc1ccc(OCCOC(C)OCC)cc1.[Na]. The standard InChI is InChI=1S/C20H34O3.Na/c1-4-6-7-8-9-10-11-19-12-14-20(15-13-19)23-17-16-22-18(3)21-5-2;/h12-15,18H,4-11,16-17H2,1-3H3;. The molecule has 0 aliphatic rings. The number of ether oxygens (including phenoxy) is 3. The summed E-state index contributed by atoms with van der Waals surface area (Å²) < 4.78 is 16.5. The molecule has 133 valence electrons. The normalized spacial score (nSPS) is 11.8. The van der Waals surface area contributed by atoms with Crippen LogP contribution in [0.5, 0.6) is 5.75 Å². The van der Waals surface area contributed by atoms with Gasteiger partial charge in [-0.3, -0.25) is 0 Å². The Morgan fingerprint density at radius 1 is 0.833 bits per heavy atom. The fraction of sp³-hybridized carbons (Fsp3) is 0.700. The molecule has 0 bridgehead atoms. The summed E-state index contributed by atoms with van der Waals surface area (Å²) in [6, 6.07) is 8.45. The zero-order valence-electron chi connectivity index (χ0n) is 16.2. The van der Waals surface area contributed by atoms with Crippen molar-refractivity contribution in [3.63, 3.8) is 0 Å². The average Bonchev–Trinajstić information content (AvgIpc) is 2.56. The Bertz CT molecular complexity index is 381. The van der Waals surface area contributed by atoms with Crippen LogP contribution in [0, 0.1) is 0 Å². The molecule has 0 amide bonds. The molecule has 1 unspecified atom stereocenters. The molecule has 0 spiro atoms. The Labute approximate surface area is 170 Å². The van der Waals surface area contributed by atoms with E-state index in [2.05, 4.69) is 31.2 Å². The summed E-state index contributed by atoms with van der Waals surface area (Å²) >= 11 is 0. The second-order valence-electron chi connectivity index (χ2n) is 5.90. The molecule has 1 aromatic carbocycles. The molecule has 0 aliphatic heterocycles. The Balaban J connectivity index is 0.00000529. The minimum absolute atomic E-state index is 0. The van der Waals surface area contributed by atoms with Crippen molar-refractivity contribution in [1.82, 2.24) is 0 Å². The van der Waals surface area contributed by atoms with Crippen LogP contribution in [-0.4, -0.2) is 55.7 Å². The molecule has 0 N–H and O–H groups in total. The van der Waals surface area contributed by atoms with Crippen LogP contribution in [0.4, 0.5) is 0 Å². The first-order valence-corrected chi connectivity index (χ1v) is 9.21. The van der Waals surface area contributed by atoms with Gasteiger partial charge in [0.1, 0.15) is 12.4 Å². The van der Waals surface area contributed by atoms with E-state index in [1.807, 2.05) is 13.8 Å². The van der Waals surface area contributed by atoms with E-state index in [1.165, 1.54) is 50.5 Å². The first-order valence-electron chi connectivity index (χ1n) is 9.21. The molecular weight excluding hydrogens is 311 g/mol. The van der Waals surface area contributed by atoms with Gasteiger partial charge < -0.3 is 14.2 Å². The van der Waals surface area contributed by atoms with Crippen LogP contribution in [0.1, 0.15) is 64.9 Å². The maximum atomic E-state index is 5.68. The van der Waals surface area contributed by atoms with Crippen molar-refractivity contribution < 1.29 is 14.2 Å². The van der Waals surface area contributed by atoms with Crippen LogP contribution in [0.3, 0.4) is 0 Å². The number of benzene rings is 1. The Hall–Kier alpha value is -0.0600. The molecule has 1 radical (unpaired) electrons. The molecule has 0 saturated carbocycles. The van der Waals surface area contributed by atoms with Gasteiger partial charge in [0, 0.05) is 36.2 Å². The number of unbranched alkanes of at least 4 members (excludes halogenated alkanes) is 5. The van der Waals surface area contributed by atoms with Gasteiger partial charge in [0.2, 0.25) is 0 Å². The fourth-order valence-electron chi connectivity index (χ4n) is 2.52. The molecule has 1 rings (SSSR count). The second-order valence-corrected chi connectivity index (χ2v) is 5.90. The minimum atomic E-state index is -0.164. The summed E-state index contributed by atoms with van der Waals surface area (Å²) in [4.78, 5) is 0. The molecule has 24 heavy (non-hydrogen) atoms. The second kappa shape index (κ2) is 16.4. The van der Waals surface area contributed by atoms with Crippen LogP contribution in [-0.2, 0) is 15.9 Å². The zero-order chi connectivity index (χ0) is 16.8. The maximum absolute atomic E-state index is 5.68. The molecule has 4 heteroatoms. The summed E-state index contributed by atoms with van der Waals surface area (Å²) in [5, 5.41) is 0. The molecule has 0 aliphatic carbocycles. The molecule has 0 heterocycles. The summed E-state index contributed by atoms with van der Waals surface area (Å²) in [5.74, 6) is 0.907. The quantitative estimate of drug-likeness (QED) is 0.270. The van der Waals surface area contributed by atoms with Gasteiger partial charge in [-0.05, 0) is 44.4 Å². The van der Waals surface area contributed by atoms with Crippen LogP contribution >= 0.6 is 0 Å². The third-order valence-corrected chi connectivity index (χ3v) is 3.85. The van der Waals surface area contributed by atoms with Crippen molar-refractivity contribution in [2.45, 2.75) is 72.0 Å². The van der Waals surface area contributed by atoms with Crippen LogP contribution in [0.25, 0.3) is 0 Å². The fourth-order valence-corrected chi connectivity index (χ4v) is 2.52. The van der Waals surface area contributed by atoms with Crippen LogP contribution < -0.4 is 4.74 Å². The van der Waals surface area contributed by atoms with E-state index in [1.54, 1.807) is 0 Å². The Morgan fingerprint density at radius 2 is 1.50 bits per heavy atom. The number of rotatable bonds is 14. The van der Waals surface area contributed by atoms with Crippen molar-refractivity contribution in [2.75, 3.05) is 19.8 Å². The number of hydrogen-bond donors (Lipinski definition) is 0. The molecule has 1 atom stereocenters. The molecule has 0 aromatic heterocycles. The zero-order valence-corrected chi connectivity index (χ0v) is 18.2. The van der Waals surface area contributed by atoms with Crippen molar-refractivity contribution >= 4 is 29.6 Å². The third-order valence-electron chi connectivity index (χ3n) is 3.85. The van der Waals surface area contributed by atoms with Gasteiger partial charge in [-0.2, -0.15) is 0 Å². The van der Waals surface area contributed by atoms with Gasteiger partial charge in [-0.1, -0.05) is 51.2 Å². The molecule has 3 nitrogen and oxygen atoms in total. The molecule has 0 saturated heterocycles. The summed E-state index contributed by atoms with van der Waals surface area (Å²) in [6.45, 7) is 7.88. The van der Waals surface area contributed by atoms with Crippen molar-refractivity contribution in [3.05, 3.63) is 29.8 Å². The predicted octanol–water partition coefficient (Wildman–Crippen LogP) is 4.99. The monoisotopic (exact) mass is 345 g/mol. The van der Waals surface area contributed by atoms with E-state index in [0.29, 0.717) is 19.8 Å². The van der Waals surface area contributed by atoms with Gasteiger partial charge in [-0.25, -0.2) is 0 Å². The molecular formula is C20H34NaO3. The van der Waals surface area contributed by atoms with E-state index < -0.39 is 0 Å². The predicted molar refractivity (Wildman–Crippen MR) is 102 cm³/mol. The molecule has 1 aromatic rings. The summed E-state index contributed by atoms with van der Waals surface area (Å²) in [5.41, 5.74) is 1.40. The van der Waals surface area contributed by atoms with Crippen LogP contribution in [0.2, 0.25) is 0 Å².